The van der Waals surface area contributed by atoms with Crippen LogP contribution >= 0.6 is 0 Å². The van der Waals surface area contributed by atoms with E-state index in [9.17, 15) is 13.2 Å². The van der Waals surface area contributed by atoms with Crippen LogP contribution in [0.2, 0.25) is 0 Å². The Morgan fingerprint density at radius 2 is 1.92 bits per heavy atom. The van der Waals surface area contributed by atoms with Gasteiger partial charge in [-0.3, -0.25) is 4.79 Å². The van der Waals surface area contributed by atoms with Gasteiger partial charge in [-0.15, -0.1) is 0 Å². The summed E-state index contributed by atoms with van der Waals surface area (Å²) in [5.41, 5.74) is 0.393. The molecule has 0 radical (unpaired) electrons. The summed E-state index contributed by atoms with van der Waals surface area (Å²) in [6.45, 7) is 3.35. The van der Waals surface area contributed by atoms with Crippen molar-refractivity contribution in [2.45, 2.75) is 23.8 Å². The van der Waals surface area contributed by atoms with Gasteiger partial charge in [0.15, 0.2) is 0 Å². The molecule has 2 atom stereocenters. The second kappa shape index (κ2) is 6.26. The number of likely N-dealkylation sites (tertiary alicyclic amines) is 1. The molecule has 2 aliphatic heterocycles. The van der Waals surface area contributed by atoms with Gasteiger partial charge in [0.25, 0.3) is 5.91 Å². The number of fused-ring (bicyclic) bond motifs is 1. The molecule has 0 bridgehead atoms. The number of ether oxygens (including phenoxy) is 1. The quantitative estimate of drug-likeness (QED) is 0.790. The largest absolute Gasteiger partial charge is 0.495 e. The van der Waals surface area contributed by atoms with Gasteiger partial charge < -0.3 is 15.0 Å². The molecule has 1 saturated carbocycles. The Morgan fingerprint density at radius 3 is 2.52 bits per heavy atom. The van der Waals surface area contributed by atoms with Gasteiger partial charge >= 0.3 is 0 Å². The number of carbonyl (C=O) groups excluding carboxylic acids is 1. The van der Waals surface area contributed by atoms with Crippen molar-refractivity contribution in [1.29, 1.82) is 0 Å². The lowest BCUT2D eigenvalue weighted by Crippen LogP contribution is -2.32. The van der Waals surface area contributed by atoms with Crippen LogP contribution in [0.25, 0.3) is 0 Å². The molecule has 8 heteroatoms. The number of rotatable bonds is 5. The Balaban J connectivity index is 1.60. The van der Waals surface area contributed by atoms with Crippen LogP contribution in [0.4, 0.5) is 0 Å². The second-order valence-corrected chi connectivity index (χ2v) is 8.83. The van der Waals surface area contributed by atoms with Gasteiger partial charge in [0.2, 0.25) is 10.0 Å². The number of nitrogens with one attached hydrogen (secondary N) is 2. The Labute approximate surface area is 147 Å². The summed E-state index contributed by atoms with van der Waals surface area (Å²) in [6, 6.07) is 4.65. The molecule has 0 aromatic heterocycles. The van der Waals surface area contributed by atoms with Crippen molar-refractivity contribution in [3.05, 3.63) is 23.8 Å². The zero-order valence-electron chi connectivity index (χ0n) is 14.2. The molecule has 3 fully saturated rings. The van der Waals surface area contributed by atoms with E-state index >= 15 is 0 Å². The molecule has 136 valence electrons. The van der Waals surface area contributed by atoms with Gasteiger partial charge in [-0.25, -0.2) is 13.1 Å². The smallest absolute Gasteiger partial charge is 0.253 e. The predicted molar refractivity (Wildman–Crippen MR) is 92.1 cm³/mol. The van der Waals surface area contributed by atoms with E-state index in [1.807, 2.05) is 4.90 Å². The van der Waals surface area contributed by atoms with Crippen LogP contribution in [0, 0.1) is 11.8 Å². The number of hydrogen-bond donors (Lipinski definition) is 2. The first-order chi connectivity index (χ1) is 12.0. The SMILES string of the molecule is COc1ccc(C(=O)N2C[C@H]3CNC[C@H]3C2)cc1S(=O)(=O)NC1CC1. The third kappa shape index (κ3) is 3.26. The summed E-state index contributed by atoms with van der Waals surface area (Å²) in [4.78, 5) is 14.7. The van der Waals surface area contributed by atoms with E-state index in [4.69, 9.17) is 4.74 Å². The molecule has 1 aromatic rings. The first-order valence-corrected chi connectivity index (χ1v) is 10.2. The Morgan fingerprint density at radius 1 is 1.24 bits per heavy atom. The van der Waals surface area contributed by atoms with Crippen molar-refractivity contribution in [3.63, 3.8) is 0 Å². The summed E-state index contributed by atoms with van der Waals surface area (Å²) in [5.74, 6) is 1.15. The number of amides is 1. The molecule has 25 heavy (non-hydrogen) atoms. The van der Waals surface area contributed by atoms with Crippen LogP contribution in [0.5, 0.6) is 5.75 Å². The average Bonchev–Trinajstić information content (AvgIpc) is 3.13. The van der Waals surface area contributed by atoms with E-state index in [-0.39, 0.29) is 22.6 Å². The minimum Gasteiger partial charge on any atom is -0.495 e. The lowest BCUT2D eigenvalue weighted by molar-refractivity contribution is 0.0781. The molecule has 2 saturated heterocycles. The topological polar surface area (TPSA) is 87.7 Å². The van der Waals surface area contributed by atoms with E-state index in [1.165, 1.54) is 13.2 Å². The number of sulfonamides is 1. The Bertz CT molecular complexity index is 779. The maximum Gasteiger partial charge on any atom is 0.253 e. The second-order valence-electron chi connectivity index (χ2n) is 7.15. The van der Waals surface area contributed by atoms with Gasteiger partial charge in [-0.2, -0.15) is 0 Å². The van der Waals surface area contributed by atoms with Gasteiger partial charge in [-0.1, -0.05) is 0 Å². The summed E-state index contributed by atoms with van der Waals surface area (Å²) in [5, 5.41) is 3.35. The van der Waals surface area contributed by atoms with Crippen LogP contribution in [0.3, 0.4) is 0 Å². The van der Waals surface area contributed by atoms with Crippen molar-refractivity contribution >= 4 is 15.9 Å². The van der Waals surface area contributed by atoms with E-state index < -0.39 is 10.0 Å². The van der Waals surface area contributed by atoms with Crippen LogP contribution in [0.1, 0.15) is 23.2 Å². The fourth-order valence-corrected chi connectivity index (χ4v) is 5.21. The van der Waals surface area contributed by atoms with Crippen molar-refractivity contribution in [2.24, 2.45) is 11.8 Å². The summed E-state index contributed by atoms with van der Waals surface area (Å²) < 4.78 is 33.0. The highest BCUT2D eigenvalue weighted by atomic mass is 32.2. The highest BCUT2D eigenvalue weighted by molar-refractivity contribution is 7.89. The van der Waals surface area contributed by atoms with Gasteiger partial charge in [-0.05, 0) is 42.9 Å². The summed E-state index contributed by atoms with van der Waals surface area (Å²) in [6.07, 6.45) is 1.70. The normalized spacial score (nSPS) is 25.9. The molecular formula is C17H23N3O4S. The number of methoxy groups -OCH3 is 1. The third-order valence-electron chi connectivity index (χ3n) is 5.28. The Kier molecular flexibility index (Phi) is 4.21. The van der Waals surface area contributed by atoms with E-state index in [1.54, 1.807) is 12.1 Å². The molecule has 4 rings (SSSR count). The zero-order chi connectivity index (χ0) is 17.6. The molecular weight excluding hydrogens is 342 g/mol. The predicted octanol–water partition coefficient (Wildman–Crippen LogP) is 0.427. The van der Waals surface area contributed by atoms with E-state index in [0.717, 1.165) is 39.0 Å². The molecule has 7 nitrogen and oxygen atoms in total. The van der Waals surface area contributed by atoms with Gasteiger partial charge in [0.05, 0.1) is 7.11 Å². The highest BCUT2D eigenvalue weighted by Gasteiger charge is 2.38. The van der Waals surface area contributed by atoms with E-state index in [0.29, 0.717) is 17.4 Å². The molecule has 1 aliphatic carbocycles. The first kappa shape index (κ1) is 16.8. The maximum absolute atomic E-state index is 12.8. The highest BCUT2D eigenvalue weighted by Crippen LogP contribution is 2.31. The molecule has 3 aliphatic rings. The van der Waals surface area contributed by atoms with Crippen molar-refractivity contribution < 1.29 is 17.9 Å². The summed E-state index contributed by atoms with van der Waals surface area (Å²) >= 11 is 0. The van der Waals surface area contributed by atoms with Crippen LogP contribution in [-0.4, -0.2) is 58.6 Å². The molecule has 2 heterocycles. The molecule has 1 amide bonds. The lowest BCUT2D eigenvalue weighted by Gasteiger charge is -2.19. The lowest BCUT2D eigenvalue weighted by atomic mass is 10.0. The minimum absolute atomic E-state index is 0.000444. The zero-order valence-corrected chi connectivity index (χ0v) is 15.0. The number of carbonyl (C=O) groups is 1. The molecule has 0 spiro atoms. The average molecular weight is 365 g/mol. The molecule has 1 aromatic carbocycles. The number of benzene rings is 1. The van der Waals surface area contributed by atoms with Gasteiger partial charge in [0, 0.05) is 37.8 Å². The standard InChI is InChI=1S/C17H23N3O4S/c1-24-15-5-2-11(6-16(15)25(22,23)19-14-3-4-14)17(21)20-9-12-7-18-8-13(12)10-20/h2,5-6,12-14,18-19H,3-4,7-10H2,1H3/t12-,13+. The summed E-state index contributed by atoms with van der Waals surface area (Å²) in [7, 11) is -2.26. The van der Waals surface area contributed by atoms with Crippen molar-refractivity contribution in [1.82, 2.24) is 14.9 Å². The number of hydrogen-bond acceptors (Lipinski definition) is 5. The molecule has 0 unspecified atom stereocenters. The van der Waals surface area contributed by atoms with Gasteiger partial charge in [0.1, 0.15) is 10.6 Å². The fraction of sp³-hybridized carbons (Fsp3) is 0.588. The Hall–Kier alpha value is -1.64. The van der Waals surface area contributed by atoms with Crippen molar-refractivity contribution in [2.75, 3.05) is 33.3 Å². The van der Waals surface area contributed by atoms with Crippen LogP contribution in [-0.2, 0) is 10.0 Å². The number of nitrogens with zero attached hydrogens (tertiary/aromatic N) is 1. The van der Waals surface area contributed by atoms with Crippen LogP contribution in [0.15, 0.2) is 23.1 Å². The van der Waals surface area contributed by atoms with Crippen molar-refractivity contribution in [3.8, 4) is 5.75 Å². The van der Waals surface area contributed by atoms with Crippen LogP contribution < -0.4 is 14.8 Å². The first-order valence-electron chi connectivity index (χ1n) is 8.68. The van der Waals surface area contributed by atoms with E-state index in [2.05, 4.69) is 10.0 Å². The molecule has 2 N–H and O–H groups in total. The monoisotopic (exact) mass is 365 g/mol. The maximum atomic E-state index is 12.8. The fourth-order valence-electron chi connectivity index (χ4n) is 3.71. The third-order valence-corrected chi connectivity index (χ3v) is 6.82. The minimum atomic E-state index is -3.69.